The van der Waals surface area contributed by atoms with Gasteiger partial charge < -0.3 is 13.9 Å². The predicted molar refractivity (Wildman–Crippen MR) is 96.0 cm³/mol. The second-order valence-electron chi connectivity index (χ2n) is 6.41. The lowest BCUT2D eigenvalue weighted by molar-refractivity contribution is -0.133. The maximum Gasteiger partial charge on any atom is 0.437 e. The van der Waals surface area contributed by atoms with Gasteiger partial charge in [0.2, 0.25) is 11.8 Å². The fourth-order valence-electron chi connectivity index (χ4n) is 3.20. The Labute approximate surface area is 150 Å². The molecule has 7 heteroatoms. The van der Waals surface area contributed by atoms with Gasteiger partial charge >= 0.3 is 5.76 Å². The van der Waals surface area contributed by atoms with Gasteiger partial charge in [-0.15, -0.1) is 5.10 Å². The first-order valence-electron chi connectivity index (χ1n) is 8.80. The maximum absolute atomic E-state index is 12.4. The largest absolute Gasteiger partial charge is 0.437 e. The highest BCUT2D eigenvalue weighted by molar-refractivity contribution is 5.76. The van der Waals surface area contributed by atoms with E-state index in [1.807, 2.05) is 53.4 Å². The van der Waals surface area contributed by atoms with E-state index in [-0.39, 0.29) is 18.3 Å². The van der Waals surface area contributed by atoms with E-state index >= 15 is 0 Å². The minimum atomic E-state index is -0.614. The van der Waals surface area contributed by atoms with Crippen LogP contribution in [-0.2, 0) is 11.3 Å². The first kappa shape index (κ1) is 16.4. The van der Waals surface area contributed by atoms with Gasteiger partial charge in [-0.05, 0) is 49.6 Å². The number of rotatable bonds is 4. The van der Waals surface area contributed by atoms with Crippen molar-refractivity contribution in [1.82, 2.24) is 19.2 Å². The average molecular weight is 352 g/mol. The minimum Gasteiger partial charge on any atom is -0.388 e. The minimum absolute atomic E-state index is 0.0837. The molecule has 0 aliphatic carbocycles. The lowest BCUT2D eigenvalue weighted by atomic mass is 10.1. The Hall–Kier alpha value is -3.09. The van der Waals surface area contributed by atoms with Crippen LogP contribution in [0.25, 0.3) is 17.1 Å². The summed E-state index contributed by atoms with van der Waals surface area (Å²) in [6.45, 7) is 1.41. The number of nitrogens with zero attached hydrogens (tertiary/aromatic N) is 4. The number of hydrogen-bond acceptors (Lipinski definition) is 4. The van der Waals surface area contributed by atoms with Gasteiger partial charge in [0, 0.05) is 36.7 Å². The van der Waals surface area contributed by atoms with E-state index in [1.165, 1.54) is 0 Å². The fourth-order valence-corrected chi connectivity index (χ4v) is 3.20. The molecule has 0 atom stereocenters. The standard InChI is InChI=1S/C19H20N4O3/c24-17(22-11-2-1-3-12-22)14-23-19(25)26-18(20-23)15-7-6-8-16(13-15)21-9-4-5-10-21/h4-10,13H,1-3,11-12,14H2. The van der Waals surface area contributed by atoms with Crippen LogP contribution < -0.4 is 5.76 Å². The first-order valence-corrected chi connectivity index (χ1v) is 8.80. The molecule has 1 fully saturated rings. The van der Waals surface area contributed by atoms with Crippen molar-refractivity contribution in [2.75, 3.05) is 13.1 Å². The Morgan fingerprint density at radius 2 is 1.85 bits per heavy atom. The fraction of sp³-hybridized carbons (Fsp3) is 0.316. The number of amides is 1. The van der Waals surface area contributed by atoms with E-state index in [0.29, 0.717) is 5.56 Å². The molecule has 0 N–H and O–H groups in total. The van der Waals surface area contributed by atoms with Crippen molar-refractivity contribution in [3.8, 4) is 17.1 Å². The lowest BCUT2D eigenvalue weighted by Gasteiger charge is -2.26. The third-order valence-corrected chi connectivity index (χ3v) is 4.60. The molecule has 3 heterocycles. The number of hydrogen-bond donors (Lipinski definition) is 0. The average Bonchev–Trinajstić information content (AvgIpc) is 3.33. The van der Waals surface area contributed by atoms with Crippen LogP contribution >= 0.6 is 0 Å². The van der Waals surface area contributed by atoms with Gasteiger partial charge in [0.1, 0.15) is 6.54 Å². The number of carbonyl (C=O) groups excluding carboxylic acids is 1. The van der Waals surface area contributed by atoms with Gasteiger partial charge in [0.25, 0.3) is 0 Å². The number of piperidine rings is 1. The molecule has 0 spiro atoms. The molecular formula is C19H20N4O3. The molecule has 1 amide bonds. The summed E-state index contributed by atoms with van der Waals surface area (Å²) >= 11 is 0. The molecule has 2 aromatic heterocycles. The van der Waals surface area contributed by atoms with E-state index in [1.54, 1.807) is 4.90 Å². The predicted octanol–water partition coefficient (Wildman–Crippen LogP) is 2.31. The summed E-state index contributed by atoms with van der Waals surface area (Å²) < 4.78 is 8.34. The quantitative estimate of drug-likeness (QED) is 0.722. The van der Waals surface area contributed by atoms with Crippen molar-refractivity contribution in [2.24, 2.45) is 0 Å². The SMILES string of the molecule is O=C(Cn1nc(-c2cccc(-n3cccc3)c2)oc1=O)N1CCCCC1. The summed E-state index contributed by atoms with van der Waals surface area (Å²) in [4.78, 5) is 26.2. The number of benzene rings is 1. The number of carbonyl (C=O) groups is 1. The molecule has 134 valence electrons. The van der Waals surface area contributed by atoms with Crippen molar-refractivity contribution < 1.29 is 9.21 Å². The Morgan fingerprint density at radius 1 is 1.08 bits per heavy atom. The zero-order valence-electron chi connectivity index (χ0n) is 14.4. The highest BCUT2D eigenvalue weighted by Gasteiger charge is 2.19. The summed E-state index contributed by atoms with van der Waals surface area (Å²) in [6, 6.07) is 11.4. The number of aromatic nitrogens is 3. The normalized spacial score (nSPS) is 14.5. The van der Waals surface area contributed by atoms with Crippen LogP contribution in [0.3, 0.4) is 0 Å². The van der Waals surface area contributed by atoms with Gasteiger partial charge in [-0.25, -0.2) is 4.79 Å². The van der Waals surface area contributed by atoms with Crippen LogP contribution in [0.5, 0.6) is 0 Å². The van der Waals surface area contributed by atoms with Crippen molar-refractivity contribution in [2.45, 2.75) is 25.8 Å². The van der Waals surface area contributed by atoms with Gasteiger partial charge in [-0.1, -0.05) is 6.07 Å². The van der Waals surface area contributed by atoms with Crippen molar-refractivity contribution in [3.63, 3.8) is 0 Å². The molecule has 1 aromatic carbocycles. The molecular weight excluding hydrogens is 332 g/mol. The summed E-state index contributed by atoms with van der Waals surface area (Å²) in [5.41, 5.74) is 1.63. The van der Waals surface area contributed by atoms with Crippen LogP contribution in [0.1, 0.15) is 19.3 Å². The summed E-state index contributed by atoms with van der Waals surface area (Å²) in [5.74, 6) is -0.486. The highest BCUT2D eigenvalue weighted by atomic mass is 16.4. The van der Waals surface area contributed by atoms with Crippen LogP contribution in [0, 0.1) is 0 Å². The van der Waals surface area contributed by atoms with Gasteiger partial charge in [-0.3, -0.25) is 4.79 Å². The van der Waals surface area contributed by atoms with Crippen molar-refractivity contribution in [3.05, 3.63) is 59.3 Å². The monoisotopic (exact) mass is 352 g/mol. The van der Waals surface area contributed by atoms with E-state index in [4.69, 9.17) is 4.42 Å². The molecule has 0 radical (unpaired) electrons. The van der Waals surface area contributed by atoms with E-state index < -0.39 is 5.76 Å². The summed E-state index contributed by atoms with van der Waals surface area (Å²) in [5, 5.41) is 4.22. The second-order valence-corrected chi connectivity index (χ2v) is 6.41. The molecule has 3 aromatic rings. The topological polar surface area (TPSA) is 73.3 Å². The summed E-state index contributed by atoms with van der Waals surface area (Å²) in [6.07, 6.45) is 7.04. The van der Waals surface area contributed by atoms with Crippen LogP contribution in [0.4, 0.5) is 0 Å². The molecule has 26 heavy (non-hydrogen) atoms. The zero-order chi connectivity index (χ0) is 17.9. The van der Waals surface area contributed by atoms with Crippen LogP contribution in [0.15, 0.2) is 58.0 Å². The van der Waals surface area contributed by atoms with Crippen LogP contribution in [-0.4, -0.2) is 38.2 Å². The smallest absolute Gasteiger partial charge is 0.388 e. The molecule has 0 unspecified atom stereocenters. The second kappa shape index (κ2) is 7.03. The third-order valence-electron chi connectivity index (χ3n) is 4.60. The molecule has 4 rings (SSSR count). The van der Waals surface area contributed by atoms with E-state index in [2.05, 4.69) is 5.10 Å². The third kappa shape index (κ3) is 3.33. The van der Waals surface area contributed by atoms with Crippen molar-refractivity contribution in [1.29, 1.82) is 0 Å². The Morgan fingerprint density at radius 3 is 2.62 bits per heavy atom. The Balaban J connectivity index is 1.56. The maximum atomic E-state index is 12.4. The molecule has 0 saturated carbocycles. The molecule has 7 nitrogen and oxygen atoms in total. The lowest BCUT2D eigenvalue weighted by Crippen LogP contribution is -2.39. The summed E-state index contributed by atoms with van der Waals surface area (Å²) in [7, 11) is 0. The highest BCUT2D eigenvalue weighted by Crippen LogP contribution is 2.19. The van der Waals surface area contributed by atoms with E-state index in [9.17, 15) is 9.59 Å². The molecule has 1 saturated heterocycles. The number of likely N-dealkylation sites (tertiary alicyclic amines) is 1. The van der Waals surface area contributed by atoms with Crippen LogP contribution in [0.2, 0.25) is 0 Å². The molecule has 1 aliphatic rings. The zero-order valence-corrected chi connectivity index (χ0v) is 14.4. The van der Waals surface area contributed by atoms with Gasteiger partial charge in [0.15, 0.2) is 0 Å². The Kier molecular flexibility index (Phi) is 4.43. The first-order chi connectivity index (χ1) is 12.7. The van der Waals surface area contributed by atoms with E-state index in [0.717, 1.165) is 42.7 Å². The van der Waals surface area contributed by atoms with Gasteiger partial charge in [0.05, 0.1) is 0 Å². The van der Waals surface area contributed by atoms with Gasteiger partial charge in [-0.2, -0.15) is 4.68 Å². The molecule has 1 aliphatic heterocycles. The van der Waals surface area contributed by atoms with Crippen molar-refractivity contribution >= 4 is 5.91 Å². The molecule has 0 bridgehead atoms. The Bertz CT molecular complexity index is 949.